The van der Waals surface area contributed by atoms with Gasteiger partial charge >= 0.3 is 0 Å². The highest BCUT2D eigenvalue weighted by atomic mass is 32.2. The highest BCUT2D eigenvalue weighted by molar-refractivity contribution is 7.98. The zero-order chi connectivity index (χ0) is 11.8. The standard InChI is InChI=1S/C11H25N3OS/c1-13(7-8-16-2)9-11(15)10-14-5-3-12-4-6-14/h11-12,15H,3-10H2,1-2H3. The smallest absolute Gasteiger partial charge is 0.0793 e. The Hall–Kier alpha value is 0.190. The van der Waals surface area contributed by atoms with Gasteiger partial charge in [-0.15, -0.1) is 0 Å². The van der Waals surface area contributed by atoms with Crippen LogP contribution in [0.5, 0.6) is 0 Å². The molecule has 1 unspecified atom stereocenters. The number of hydrogen-bond donors (Lipinski definition) is 2. The predicted molar refractivity (Wildman–Crippen MR) is 71.2 cm³/mol. The van der Waals surface area contributed by atoms with E-state index in [1.807, 2.05) is 11.8 Å². The number of β-amino-alcohol motifs (C(OH)–C–C–N with tert-alkyl or cyclic N) is 1. The molecule has 0 aromatic heterocycles. The van der Waals surface area contributed by atoms with Crippen molar-refractivity contribution < 1.29 is 5.11 Å². The molecule has 96 valence electrons. The molecule has 0 amide bonds. The maximum Gasteiger partial charge on any atom is 0.0793 e. The SMILES string of the molecule is CSCCN(C)CC(O)CN1CCNCC1. The summed E-state index contributed by atoms with van der Waals surface area (Å²) in [5.41, 5.74) is 0. The minimum atomic E-state index is -0.218. The maximum atomic E-state index is 9.96. The van der Waals surface area contributed by atoms with Gasteiger partial charge in [-0.2, -0.15) is 11.8 Å². The van der Waals surface area contributed by atoms with E-state index in [0.29, 0.717) is 0 Å². The molecule has 0 aromatic carbocycles. The quantitative estimate of drug-likeness (QED) is 0.637. The van der Waals surface area contributed by atoms with Crippen molar-refractivity contribution >= 4 is 11.8 Å². The molecule has 0 aliphatic carbocycles. The largest absolute Gasteiger partial charge is 0.390 e. The Bertz CT molecular complexity index is 177. The number of likely N-dealkylation sites (N-methyl/N-ethyl adjacent to an activating group) is 1. The number of nitrogens with one attached hydrogen (secondary N) is 1. The summed E-state index contributed by atoms with van der Waals surface area (Å²) in [5, 5.41) is 13.3. The van der Waals surface area contributed by atoms with Crippen molar-refractivity contribution in [1.29, 1.82) is 0 Å². The van der Waals surface area contributed by atoms with Crippen molar-refractivity contribution in [2.24, 2.45) is 0 Å². The van der Waals surface area contributed by atoms with Crippen LogP contribution in [-0.2, 0) is 0 Å². The van der Waals surface area contributed by atoms with Crippen LogP contribution in [0, 0.1) is 0 Å². The summed E-state index contributed by atoms with van der Waals surface area (Å²) in [7, 11) is 2.08. The van der Waals surface area contributed by atoms with Crippen LogP contribution in [0.2, 0.25) is 0 Å². The average Bonchev–Trinajstić information content (AvgIpc) is 2.27. The van der Waals surface area contributed by atoms with E-state index < -0.39 is 0 Å². The van der Waals surface area contributed by atoms with Crippen molar-refractivity contribution in [3.05, 3.63) is 0 Å². The molecule has 0 spiro atoms. The lowest BCUT2D eigenvalue weighted by atomic mass is 10.2. The summed E-state index contributed by atoms with van der Waals surface area (Å²) in [6.45, 7) is 6.87. The number of hydrogen-bond acceptors (Lipinski definition) is 5. The van der Waals surface area contributed by atoms with Crippen LogP contribution < -0.4 is 5.32 Å². The van der Waals surface area contributed by atoms with Crippen molar-refractivity contribution in [3.63, 3.8) is 0 Å². The Morgan fingerprint density at radius 1 is 1.44 bits per heavy atom. The molecule has 0 bridgehead atoms. The van der Waals surface area contributed by atoms with Gasteiger partial charge in [-0.25, -0.2) is 0 Å². The molecule has 1 rings (SSSR count). The fraction of sp³-hybridized carbons (Fsp3) is 1.00. The van der Waals surface area contributed by atoms with Crippen LogP contribution >= 0.6 is 11.8 Å². The first-order chi connectivity index (χ1) is 7.72. The maximum absolute atomic E-state index is 9.96. The molecule has 1 aliphatic heterocycles. The molecule has 0 saturated carbocycles. The van der Waals surface area contributed by atoms with E-state index in [4.69, 9.17) is 0 Å². The molecule has 1 fully saturated rings. The van der Waals surface area contributed by atoms with Crippen molar-refractivity contribution in [1.82, 2.24) is 15.1 Å². The molecule has 1 heterocycles. The molecule has 0 aromatic rings. The lowest BCUT2D eigenvalue weighted by Crippen LogP contribution is -2.48. The Labute approximate surface area is 103 Å². The number of nitrogens with zero attached hydrogens (tertiary/aromatic N) is 2. The summed E-state index contributed by atoms with van der Waals surface area (Å²) in [4.78, 5) is 4.55. The third kappa shape index (κ3) is 6.06. The average molecular weight is 247 g/mol. The van der Waals surface area contributed by atoms with E-state index in [9.17, 15) is 5.11 Å². The minimum absolute atomic E-state index is 0.218. The number of aliphatic hydroxyl groups is 1. The Morgan fingerprint density at radius 3 is 2.75 bits per heavy atom. The Balaban J connectivity index is 2.11. The highest BCUT2D eigenvalue weighted by Crippen LogP contribution is 1.99. The van der Waals surface area contributed by atoms with E-state index in [2.05, 4.69) is 28.4 Å². The van der Waals surface area contributed by atoms with E-state index in [1.54, 1.807) is 0 Å². The van der Waals surface area contributed by atoms with Gasteiger partial charge in [-0.3, -0.25) is 4.90 Å². The van der Waals surface area contributed by atoms with Crippen molar-refractivity contribution in [3.8, 4) is 0 Å². The second-order valence-electron chi connectivity index (χ2n) is 4.46. The van der Waals surface area contributed by atoms with Crippen LogP contribution in [0.4, 0.5) is 0 Å². The molecule has 16 heavy (non-hydrogen) atoms. The van der Waals surface area contributed by atoms with E-state index in [1.165, 1.54) is 0 Å². The molecule has 5 heteroatoms. The summed E-state index contributed by atoms with van der Waals surface area (Å²) in [5.74, 6) is 1.14. The van der Waals surface area contributed by atoms with Crippen LogP contribution in [0.3, 0.4) is 0 Å². The van der Waals surface area contributed by atoms with E-state index in [-0.39, 0.29) is 6.10 Å². The number of thioether (sulfide) groups is 1. The molecule has 1 atom stereocenters. The van der Waals surface area contributed by atoms with E-state index in [0.717, 1.165) is 51.6 Å². The van der Waals surface area contributed by atoms with Crippen molar-refractivity contribution in [2.45, 2.75) is 6.10 Å². The lowest BCUT2D eigenvalue weighted by molar-refractivity contribution is 0.0787. The van der Waals surface area contributed by atoms with Gasteiger partial charge in [0.2, 0.25) is 0 Å². The van der Waals surface area contributed by atoms with Gasteiger partial charge in [0.25, 0.3) is 0 Å². The third-order valence-corrected chi connectivity index (χ3v) is 3.47. The van der Waals surface area contributed by atoms with Crippen LogP contribution in [0.25, 0.3) is 0 Å². The van der Waals surface area contributed by atoms with Crippen LogP contribution in [0.1, 0.15) is 0 Å². The monoisotopic (exact) mass is 247 g/mol. The Morgan fingerprint density at radius 2 is 2.12 bits per heavy atom. The summed E-state index contributed by atoms with van der Waals surface area (Å²) < 4.78 is 0. The lowest BCUT2D eigenvalue weighted by Gasteiger charge is -2.30. The summed E-state index contributed by atoms with van der Waals surface area (Å²) >= 11 is 1.85. The van der Waals surface area contributed by atoms with E-state index >= 15 is 0 Å². The second kappa shape index (κ2) is 8.31. The van der Waals surface area contributed by atoms with Gasteiger partial charge in [-0.05, 0) is 13.3 Å². The molecular weight excluding hydrogens is 222 g/mol. The zero-order valence-corrected chi connectivity index (χ0v) is 11.3. The van der Waals surface area contributed by atoms with Gasteiger partial charge in [-0.1, -0.05) is 0 Å². The fourth-order valence-corrected chi connectivity index (χ4v) is 2.44. The zero-order valence-electron chi connectivity index (χ0n) is 10.5. The Kier molecular flexibility index (Phi) is 7.40. The molecule has 1 aliphatic rings. The summed E-state index contributed by atoms with van der Waals surface area (Å²) in [6.07, 6.45) is 1.90. The number of piperazine rings is 1. The molecule has 2 N–H and O–H groups in total. The topological polar surface area (TPSA) is 38.7 Å². The van der Waals surface area contributed by atoms with Gasteiger partial charge in [0.05, 0.1) is 6.10 Å². The number of aliphatic hydroxyl groups excluding tert-OH is 1. The van der Waals surface area contributed by atoms with Crippen LogP contribution in [-0.4, -0.2) is 85.9 Å². The molecule has 4 nitrogen and oxygen atoms in total. The first-order valence-electron chi connectivity index (χ1n) is 6.01. The first kappa shape index (κ1) is 14.3. The van der Waals surface area contributed by atoms with Gasteiger partial charge in [0.1, 0.15) is 0 Å². The molecular formula is C11H25N3OS. The predicted octanol–water partition coefficient (Wildman–Crippen LogP) is -0.453. The van der Waals surface area contributed by atoms with Gasteiger partial charge in [0, 0.05) is 51.6 Å². The fourth-order valence-electron chi connectivity index (χ4n) is 1.95. The van der Waals surface area contributed by atoms with Gasteiger partial charge < -0.3 is 15.3 Å². The number of rotatable bonds is 7. The van der Waals surface area contributed by atoms with Crippen molar-refractivity contribution in [2.75, 3.05) is 64.9 Å². The van der Waals surface area contributed by atoms with Crippen LogP contribution in [0.15, 0.2) is 0 Å². The summed E-state index contributed by atoms with van der Waals surface area (Å²) in [6, 6.07) is 0. The second-order valence-corrected chi connectivity index (χ2v) is 5.45. The van der Waals surface area contributed by atoms with Gasteiger partial charge in [0.15, 0.2) is 0 Å². The first-order valence-corrected chi connectivity index (χ1v) is 7.40. The molecule has 0 radical (unpaired) electrons. The highest BCUT2D eigenvalue weighted by Gasteiger charge is 2.15. The molecule has 1 saturated heterocycles. The third-order valence-electron chi connectivity index (χ3n) is 2.88. The normalized spacial score (nSPS) is 20.2. The minimum Gasteiger partial charge on any atom is -0.390 e.